The van der Waals surface area contributed by atoms with E-state index in [0.717, 1.165) is 55.5 Å². The van der Waals surface area contributed by atoms with Crippen LogP contribution < -0.4 is 14.2 Å². The van der Waals surface area contributed by atoms with E-state index in [2.05, 4.69) is 17.0 Å². The summed E-state index contributed by atoms with van der Waals surface area (Å²) in [4.78, 5) is 16.8. The Morgan fingerprint density at radius 3 is 2.62 bits per heavy atom. The Kier molecular flexibility index (Phi) is 6.00. The summed E-state index contributed by atoms with van der Waals surface area (Å²) in [5, 5.41) is 0. The molecule has 2 aliphatic rings. The van der Waals surface area contributed by atoms with E-state index in [1.165, 1.54) is 5.56 Å². The maximum Gasteiger partial charge on any atom is 0.246 e. The minimum Gasteiger partial charge on any atom is -0.497 e. The quantitative estimate of drug-likeness (QED) is 0.730. The van der Waals surface area contributed by atoms with E-state index in [1.807, 2.05) is 41.3 Å². The molecule has 0 bridgehead atoms. The predicted octanol–water partition coefficient (Wildman–Crippen LogP) is 2.82. The van der Waals surface area contributed by atoms with Gasteiger partial charge in [-0.3, -0.25) is 9.69 Å². The summed E-state index contributed by atoms with van der Waals surface area (Å²) in [6.07, 6.45) is 3.48. The van der Waals surface area contributed by atoms with Gasteiger partial charge in [0.2, 0.25) is 5.91 Å². The van der Waals surface area contributed by atoms with E-state index in [9.17, 15) is 4.79 Å². The molecule has 0 spiro atoms. The number of piperazine rings is 1. The summed E-state index contributed by atoms with van der Waals surface area (Å²) in [6, 6.07) is 13.8. The van der Waals surface area contributed by atoms with Crippen molar-refractivity contribution in [3.8, 4) is 17.2 Å². The van der Waals surface area contributed by atoms with Gasteiger partial charge in [-0.1, -0.05) is 18.2 Å². The molecule has 152 valence electrons. The first-order valence-corrected chi connectivity index (χ1v) is 9.93. The standard InChI is InChI=1S/C23H26N2O4/c1-27-20-4-2-3-18(15-20)6-8-23(26)25-11-9-24(10-12-25)17-19-5-7-21-22(16-19)29-14-13-28-21/h2-8,15-16H,9-14,17H2,1H3. The first-order valence-electron chi connectivity index (χ1n) is 9.93. The van der Waals surface area contributed by atoms with Crippen LogP contribution >= 0.6 is 0 Å². The molecule has 2 heterocycles. The van der Waals surface area contributed by atoms with Gasteiger partial charge in [-0.05, 0) is 41.5 Å². The molecule has 4 rings (SSSR count). The van der Waals surface area contributed by atoms with Gasteiger partial charge in [0.15, 0.2) is 11.5 Å². The van der Waals surface area contributed by atoms with Gasteiger partial charge in [-0.15, -0.1) is 0 Å². The first-order chi connectivity index (χ1) is 14.2. The third-order valence-corrected chi connectivity index (χ3v) is 5.21. The van der Waals surface area contributed by atoms with Gasteiger partial charge in [-0.2, -0.15) is 0 Å². The van der Waals surface area contributed by atoms with Gasteiger partial charge in [0, 0.05) is 38.8 Å². The summed E-state index contributed by atoms with van der Waals surface area (Å²) < 4.78 is 16.5. The van der Waals surface area contributed by atoms with Crippen LogP contribution in [0.25, 0.3) is 6.08 Å². The number of methoxy groups -OCH3 is 1. The summed E-state index contributed by atoms with van der Waals surface area (Å²) in [6.45, 7) is 5.21. The van der Waals surface area contributed by atoms with E-state index in [-0.39, 0.29) is 5.91 Å². The van der Waals surface area contributed by atoms with Crippen molar-refractivity contribution in [2.45, 2.75) is 6.54 Å². The lowest BCUT2D eigenvalue weighted by Gasteiger charge is -2.34. The van der Waals surface area contributed by atoms with Gasteiger partial charge in [0.05, 0.1) is 7.11 Å². The van der Waals surface area contributed by atoms with Crippen molar-refractivity contribution < 1.29 is 19.0 Å². The number of carbonyl (C=O) groups is 1. The van der Waals surface area contributed by atoms with E-state index in [1.54, 1.807) is 13.2 Å². The third kappa shape index (κ3) is 4.90. The molecule has 0 N–H and O–H groups in total. The zero-order chi connectivity index (χ0) is 20.1. The minimum atomic E-state index is 0.0480. The van der Waals surface area contributed by atoms with E-state index in [4.69, 9.17) is 14.2 Å². The van der Waals surface area contributed by atoms with E-state index < -0.39 is 0 Å². The average Bonchev–Trinajstić information content (AvgIpc) is 2.78. The molecule has 2 aromatic carbocycles. The molecule has 6 heteroatoms. The molecule has 29 heavy (non-hydrogen) atoms. The second-order valence-corrected chi connectivity index (χ2v) is 7.19. The molecule has 0 radical (unpaired) electrons. The normalized spacial score (nSPS) is 16.8. The Labute approximate surface area is 171 Å². The molecule has 0 atom stereocenters. The minimum absolute atomic E-state index is 0.0480. The Bertz CT molecular complexity index is 888. The second-order valence-electron chi connectivity index (χ2n) is 7.19. The number of amides is 1. The van der Waals surface area contributed by atoms with E-state index >= 15 is 0 Å². The number of hydrogen-bond acceptors (Lipinski definition) is 5. The average molecular weight is 394 g/mol. The Morgan fingerprint density at radius 2 is 1.83 bits per heavy atom. The van der Waals surface area contributed by atoms with Gasteiger partial charge in [0.25, 0.3) is 0 Å². The van der Waals surface area contributed by atoms with Crippen molar-refractivity contribution in [3.05, 3.63) is 59.7 Å². The molecule has 1 amide bonds. The topological polar surface area (TPSA) is 51.2 Å². The maximum atomic E-state index is 12.5. The fraction of sp³-hybridized carbons (Fsp3) is 0.348. The van der Waals surface area contributed by atoms with Crippen LogP contribution in [0.5, 0.6) is 17.2 Å². The molecule has 0 aliphatic carbocycles. The molecular weight excluding hydrogens is 368 g/mol. The van der Waals surface area contributed by atoms with Gasteiger partial charge in [0.1, 0.15) is 19.0 Å². The Morgan fingerprint density at radius 1 is 1.03 bits per heavy atom. The summed E-state index contributed by atoms with van der Waals surface area (Å²) in [5.74, 6) is 2.47. The predicted molar refractivity (Wildman–Crippen MR) is 111 cm³/mol. The van der Waals surface area contributed by atoms with Crippen LogP contribution in [-0.4, -0.2) is 62.2 Å². The number of benzene rings is 2. The molecule has 0 unspecified atom stereocenters. The van der Waals surface area contributed by atoms with Gasteiger partial charge < -0.3 is 19.1 Å². The Balaban J connectivity index is 1.28. The van der Waals surface area contributed by atoms with E-state index in [0.29, 0.717) is 13.2 Å². The zero-order valence-electron chi connectivity index (χ0n) is 16.7. The number of carbonyl (C=O) groups excluding carboxylic acids is 1. The number of fused-ring (bicyclic) bond motifs is 1. The molecule has 1 fully saturated rings. The van der Waals surface area contributed by atoms with Crippen LogP contribution in [-0.2, 0) is 11.3 Å². The van der Waals surface area contributed by atoms with Crippen molar-refractivity contribution >= 4 is 12.0 Å². The summed E-state index contributed by atoms with van der Waals surface area (Å²) in [7, 11) is 1.64. The van der Waals surface area contributed by atoms with Crippen LogP contribution in [0.15, 0.2) is 48.5 Å². The monoisotopic (exact) mass is 394 g/mol. The van der Waals surface area contributed by atoms with Crippen LogP contribution in [0.3, 0.4) is 0 Å². The molecule has 0 saturated carbocycles. The highest BCUT2D eigenvalue weighted by Gasteiger charge is 2.20. The van der Waals surface area contributed by atoms with Crippen LogP contribution in [0.4, 0.5) is 0 Å². The summed E-state index contributed by atoms with van der Waals surface area (Å²) in [5.41, 5.74) is 2.15. The fourth-order valence-corrected chi connectivity index (χ4v) is 3.59. The van der Waals surface area contributed by atoms with Crippen molar-refractivity contribution in [1.82, 2.24) is 9.80 Å². The molecule has 0 aromatic heterocycles. The molecular formula is C23H26N2O4. The van der Waals surface area contributed by atoms with Crippen LogP contribution in [0.1, 0.15) is 11.1 Å². The lowest BCUT2D eigenvalue weighted by atomic mass is 10.1. The molecule has 6 nitrogen and oxygen atoms in total. The second kappa shape index (κ2) is 9.01. The molecule has 1 saturated heterocycles. The van der Waals surface area contributed by atoms with Gasteiger partial charge >= 0.3 is 0 Å². The third-order valence-electron chi connectivity index (χ3n) is 5.21. The molecule has 2 aliphatic heterocycles. The smallest absolute Gasteiger partial charge is 0.246 e. The first kappa shape index (κ1) is 19.3. The SMILES string of the molecule is COc1cccc(C=CC(=O)N2CCN(Cc3ccc4c(c3)OCCO4)CC2)c1. The fourth-order valence-electron chi connectivity index (χ4n) is 3.59. The highest BCUT2D eigenvalue weighted by Crippen LogP contribution is 2.31. The number of ether oxygens (including phenoxy) is 3. The van der Waals surface area contributed by atoms with Crippen molar-refractivity contribution in [2.75, 3.05) is 46.5 Å². The lowest BCUT2D eigenvalue weighted by Crippen LogP contribution is -2.47. The van der Waals surface area contributed by atoms with Crippen LogP contribution in [0.2, 0.25) is 0 Å². The largest absolute Gasteiger partial charge is 0.497 e. The highest BCUT2D eigenvalue weighted by atomic mass is 16.6. The number of rotatable bonds is 5. The number of hydrogen-bond donors (Lipinski definition) is 0. The highest BCUT2D eigenvalue weighted by molar-refractivity contribution is 5.91. The van der Waals surface area contributed by atoms with Crippen LogP contribution in [0, 0.1) is 0 Å². The lowest BCUT2D eigenvalue weighted by molar-refractivity contribution is -0.127. The van der Waals surface area contributed by atoms with Crippen molar-refractivity contribution in [3.63, 3.8) is 0 Å². The van der Waals surface area contributed by atoms with Crippen molar-refractivity contribution in [1.29, 1.82) is 0 Å². The maximum absolute atomic E-state index is 12.5. The van der Waals surface area contributed by atoms with Crippen molar-refractivity contribution in [2.24, 2.45) is 0 Å². The summed E-state index contributed by atoms with van der Waals surface area (Å²) >= 11 is 0. The van der Waals surface area contributed by atoms with Gasteiger partial charge in [-0.25, -0.2) is 0 Å². The number of nitrogens with zero attached hydrogens (tertiary/aromatic N) is 2. The zero-order valence-corrected chi connectivity index (χ0v) is 16.7. The molecule has 2 aromatic rings. The Hall–Kier alpha value is -2.99.